The molecule has 2 aromatic rings. The molecule has 0 aliphatic rings. The van der Waals surface area contributed by atoms with Crippen LogP contribution in [0.2, 0.25) is 0 Å². The van der Waals surface area contributed by atoms with Crippen molar-refractivity contribution in [1.82, 2.24) is 0 Å². The van der Waals surface area contributed by atoms with Crippen LogP contribution in [0.1, 0.15) is 6.42 Å². The van der Waals surface area contributed by atoms with Gasteiger partial charge < -0.3 is 10.5 Å². The Morgan fingerprint density at radius 2 is 1.81 bits per heavy atom. The first-order valence-corrected chi connectivity index (χ1v) is 7.70. The summed E-state index contributed by atoms with van der Waals surface area (Å²) in [6, 6.07) is 9.97. The zero-order valence-electron chi connectivity index (χ0n) is 11.2. The Hall–Kier alpha value is -1.95. The minimum absolute atomic E-state index is 0.0175. The normalized spacial score (nSPS) is 12.1. The van der Waals surface area contributed by atoms with Crippen LogP contribution in [0.3, 0.4) is 0 Å². The summed E-state index contributed by atoms with van der Waals surface area (Å²) in [6.45, 7) is 0.360. The van der Waals surface area contributed by atoms with Gasteiger partial charge in [0.1, 0.15) is 17.4 Å². The first-order chi connectivity index (χ1) is 10.1. The summed E-state index contributed by atoms with van der Waals surface area (Å²) in [6.07, 6.45) is 0.494. The Balaban J connectivity index is 1.80. The summed E-state index contributed by atoms with van der Waals surface area (Å²) in [5, 5.41) is 0. The molecule has 0 aliphatic heterocycles. The molecule has 0 amide bonds. The third-order valence-electron chi connectivity index (χ3n) is 2.76. The summed E-state index contributed by atoms with van der Waals surface area (Å²) in [5.41, 5.74) is 6.20. The first-order valence-electron chi connectivity index (χ1n) is 6.38. The van der Waals surface area contributed by atoms with Crippen LogP contribution < -0.4 is 10.5 Å². The average Bonchev–Trinajstić information content (AvgIpc) is 2.45. The van der Waals surface area contributed by atoms with Crippen molar-refractivity contribution in [3.63, 3.8) is 0 Å². The zero-order valence-corrected chi connectivity index (χ0v) is 12.0. The van der Waals surface area contributed by atoms with Gasteiger partial charge in [-0.25, -0.2) is 8.78 Å². The standard InChI is InChI=1S/C15H15F2NO2S/c16-11-2-7-15(14(17)10-11)21(19)9-1-8-20-13-5-3-12(18)4-6-13/h2-7,10H,1,8-9,18H2. The van der Waals surface area contributed by atoms with Gasteiger partial charge >= 0.3 is 0 Å². The molecule has 6 heteroatoms. The van der Waals surface area contributed by atoms with Crippen molar-refractivity contribution in [2.75, 3.05) is 18.1 Å². The molecular formula is C15H15F2NO2S. The van der Waals surface area contributed by atoms with Gasteiger partial charge in [-0.05, 0) is 42.8 Å². The van der Waals surface area contributed by atoms with E-state index < -0.39 is 22.4 Å². The molecule has 0 bridgehead atoms. The highest BCUT2D eigenvalue weighted by molar-refractivity contribution is 7.85. The number of ether oxygens (including phenoxy) is 1. The predicted octanol–water partition coefficient (Wildman–Crippen LogP) is 3.12. The lowest BCUT2D eigenvalue weighted by Gasteiger charge is -2.07. The summed E-state index contributed by atoms with van der Waals surface area (Å²) in [7, 11) is -1.51. The first kappa shape index (κ1) is 15.4. The number of benzene rings is 2. The van der Waals surface area contributed by atoms with Gasteiger partial charge in [-0.2, -0.15) is 0 Å². The van der Waals surface area contributed by atoms with Crippen molar-refractivity contribution in [1.29, 1.82) is 0 Å². The van der Waals surface area contributed by atoms with E-state index in [4.69, 9.17) is 10.5 Å². The van der Waals surface area contributed by atoms with Gasteiger partial charge in [-0.1, -0.05) is 0 Å². The van der Waals surface area contributed by atoms with E-state index in [1.165, 1.54) is 6.07 Å². The van der Waals surface area contributed by atoms with E-state index in [1.54, 1.807) is 24.3 Å². The Morgan fingerprint density at radius 3 is 2.48 bits per heavy atom. The lowest BCUT2D eigenvalue weighted by atomic mass is 10.3. The van der Waals surface area contributed by atoms with Crippen molar-refractivity contribution < 1.29 is 17.7 Å². The maximum atomic E-state index is 13.4. The van der Waals surface area contributed by atoms with Crippen LogP contribution in [-0.2, 0) is 10.8 Å². The maximum Gasteiger partial charge on any atom is 0.142 e. The number of hydrogen-bond donors (Lipinski definition) is 1. The molecule has 112 valence electrons. The molecule has 0 radical (unpaired) electrons. The van der Waals surface area contributed by atoms with Crippen LogP contribution >= 0.6 is 0 Å². The number of nitrogen functional groups attached to an aromatic ring is 1. The van der Waals surface area contributed by atoms with Crippen LogP contribution in [0, 0.1) is 11.6 Å². The van der Waals surface area contributed by atoms with Crippen LogP contribution in [-0.4, -0.2) is 16.6 Å². The van der Waals surface area contributed by atoms with Crippen molar-refractivity contribution in [3.05, 3.63) is 54.1 Å². The fourth-order valence-corrected chi connectivity index (χ4v) is 2.81. The molecule has 0 saturated heterocycles. The average molecular weight is 311 g/mol. The number of hydrogen-bond acceptors (Lipinski definition) is 3. The molecule has 3 nitrogen and oxygen atoms in total. The Kier molecular flexibility index (Phi) is 5.27. The molecule has 2 N–H and O–H groups in total. The molecule has 0 aromatic heterocycles. The van der Waals surface area contributed by atoms with Gasteiger partial charge in [0, 0.05) is 17.5 Å². The largest absolute Gasteiger partial charge is 0.494 e. The fourth-order valence-electron chi connectivity index (χ4n) is 1.71. The molecule has 0 saturated carbocycles. The SMILES string of the molecule is Nc1ccc(OCCCS(=O)c2ccc(F)cc2F)cc1. The summed E-state index contributed by atoms with van der Waals surface area (Å²) >= 11 is 0. The third kappa shape index (κ3) is 4.53. The van der Waals surface area contributed by atoms with Crippen LogP contribution in [0.5, 0.6) is 5.75 Å². The molecule has 2 aromatic carbocycles. The lowest BCUT2D eigenvalue weighted by Crippen LogP contribution is -2.06. The predicted molar refractivity (Wildman–Crippen MR) is 78.6 cm³/mol. The number of anilines is 1. The Labute approximate surface area is 124 Å². The number of rotatable bonds is 6. The summed E-state index contributed by atoms with van der Waals surface area (Å²) in [5.74, 6) is -0.548. The lowest BCUT2D eigenvalue weighted by molar-refractivity contribution is 0.318. The second kappa shape index (κ2) is 7.17. The van der Waals surface area contributed by atoms with Crippen LogP contribution in [0.4, 0.5) is 14.5 Å². The van der Waals surface area contributed by atoms with Crippen molar-refractivity contribution >= 4 is 16.5 Å². The highest BCUT2D eigenvalue weighted by Gasteiger charge is 2.10. The van der Waals surface area contributed by atoms with Crippen LogP contribution in [0.25, 0.3) is 0 Å². The molecule has 1 atom stereocenters. The van der Waals surface area contributed by atoms with Gasteiger partial charge in [0.2, 0.25) is 0 Å². The quantitative estimate of drug-likeness (QED) is 0.659. The van der Waals surface area contributed by atoms with Gasteiger partial charge in [-0.3, -0.25) is 4.21 Å². The fraction of sp³-hybridized carbons (Fsp3) is 0.200. The van der Waals surface area contributed by atoms with E-state index in [-0.39, 0.29) is 10.6 Å². The molecular weight excluding hydrogens is 296 g/mol. The van der Waals surface area contributed by atoms with E-state index in [1.807, 2.05) is 0 Å². The topological polar surface area (TPSA) is 52.3 Å². The molecule has 2 rings (SSSR count). The highest BCUT2D eigenvalue weighted by atomic mass is 32.2. The van der Waals surface area contributed by atoms with Crippen LogP contribution in [0.15, 0.2) is 47.4 Å². The molecule has 1 unspecified atom stereocenters. The van der Waals surface area contributed by atoms with Gasteiger partial charge in [0.05, 0.1) is 22.3 Å². The second-order valence-corrected chi connectivity index (χ2v) is 5.93. The minimum atomic E-state index is -1.51. The minimum Gasteiger partial charge on any atom is -0.494 e. The third-order valence-corrected chi connectivity index (χ3v) is 4.24. The zero-order chi connectivity index (χ0) is 15.2. The Bertz CT molecular complexity index is 632. The molecule has 0 heterocycles. The van der Waals surface area contributed by atoms with Crippen molar-refractivity contribution in [2.24, 2.45) is 0 Å². The number of halogens is 2. The van der Waals surface area contributed by atoms with E-state index in [9.17, 15) is 13.0 Å². The van der Waals surface area contributed by atoms with Gasteiger partial charge in [0.15, 0.2) is 0 Å². The second-order valence-electron chi connectivity index (χ2n) is 4.40. The highest BCUT2D eigenvalue weighted by Crippen LogP contribution is 2.16. The molecule has 21 heavy (non-hydrogen) atoms. The maximum absolute atomic E-state index is 13.4. The van der Waals surface area contributed by atoms with Gasteiger partial charge in [0.25, 0.3) is 0 Å². The van der Waals surface area contributed by atoms with Crippen molar-refractivity contribution in [2.45, 2.75) is 11.3 Å². The number of nitrogens with two attached hydrogens (primary N) is 1. The molecule has 0 aliphatic carbocycles. The van der Waals surface area contributed by atoms with E-state index in [0.29, 0.717) is 24.5 Å². The van der Waals surface area contributed by atoms with E-state index in [0.717, 1.165) is 12.1 Å². The van der Waals surface area contributed by atoms with Gasteiger partial charge in [-0.15, -0.1) is 0 Å². The summed E-state index contributed by atoms with van der Waals surface area (Å²) in [4.78, 5) is 0.0175. The van der Waals surface area contributed by atoms with Crippen molar-refractivity contribution in [3.8, 4) is 5.75 Å². The monoisotopic (exact) mass is 311 g/mol. The Morgan fingerprint density at radius 1 is 1.10 bits per heavy atom. The summed E-state index contributed by atoms with van der Waals surface area (Å²) < 4.78 is 43.6. The molecule has 0 fully saturated rings. The van der Waals surface area contributed by atoms with E-state index >= 15 is 0 Å². The smallest absolute Gasteiger partial charge is 0.142 e. The molecule has 0 spiro atoms. The van der Waals surface area contributed by atoms with E-state index in [2.05, 4.69) is 0 Å².